The largest absolute Gasteiger partial charge is 0.378 e. The fourth-order valence-corrected chi connectivity index (χ4v) is 8.88. The van der Waals surface area contributed by atoms with Crippen molar-refractivity contribution in [3.05, 3.63) is 157 Å². The number of allylic oxidation sites excluding steroid dienone is 1. The van der Waals surface area contributed by atoms with Crippen LogP contribution in [0.15, 0.2) is 140 Å². The van der Waals surface area contributed by atoms with Crippen LogP contribution in [0.1, 0.15) is 29.3 Å². The Kier molecular flexibility index (Phi) is 5.15. The Morgan fingerprint density at radius 3 is 1.98 bits per heavy atom. The molecule has 0 saturated heterocycles. The molecule has 0 bridgehead atoms. The summed E-state index contributed by atoms with van der Waals surface area (Å²) in [5, 5.41) is 13.2. The van der Waals surface area contributed by atoms with Crippen LogP contribution in [0, 0.1) is 0 Å². The van der Waals surface area contributed by atoms with E-state index in [1.54, 1.807) is 0 Å². The topological polar surface area (TPSA) is 20.8 Å². The first-order valence-electron chi connectivity index (χ1n) is 16.9. The highest BCUT2D eigenvalue weighted by atomic mass is 15.0. The summed E-state index contributed by atoms with van der Waals surface area (Å²) in [6.07, 6.45) is 8.41. The van der Waals surface area contributed by atoms with Gasteiger partial charge in [0, 0.05) is 49.0 Å². The number of nitrogens with one attached hydrogen (secondary N) is 1. The highest BCUT2D eigenvalue weighted by Crippen LogP contribution is 2.45. The van der Waals surface area contributed by atoms with Crippen molar-refractivity contribution in [2.45, 2.75) is 18.9 Å². The fourth-order valence-electron chi connectivity index (χ4n) is 8.88. The molecule has 11 rings (SSSR count). The lowest BCUT2D eigenvalue weighted by molar-refractivity contribution is 0.790. The predicted octanol–water partition coefficient (Wildman–Crippen LogP) is 11.8. The SMILES string of the molecule is C=CCc1cc(-c2ccc3c(c2)c2cccc4c5ccccc5n3c42)ccc1NC1CC=Cc2c1c1cccc3c4ccccc4n2c13. The fraction of sp³-hybridized carbons (Fsp3) is 0.0667. The highest BCUT2D eigenvalue weighted by Gasteiger charge is 2.27. The maximum absolute atomic E-state index is 4.13. The molecule has 1 aliphatic rings. The van der Waals surface area contributed by atoms with Crippen LogP contribution >= 0.6 is 0 Å². The number of rotatable bonds is 5. The lowest BCUT2D eigenvalue weighted by Gasteiger charge is -2.24. The van der Waals surface area contributed by atoms with E-state index in [2.05, 4.69) is 154 Å². The van der Waals surface area contributed by atoms with Gasteiger partial charge in [-0.2, -0.15) is 0 Å². The van der Waals surface area contributed by atoms with E-state index < -0.39 is 0 Å². The van der Waals surface area contributed by atoms with Gasteiger partial charge in [-0.05, 0) is 72.0 Å². The third-order valence-corrected chi connectivity index (χ3v) is 10.9. The van der Waals surface area contributed by atoms with E-state index in [-0.39, 0.29) is 6.04 Å². The summed E-state index contributed by atoms with van der Waals surface area (Å²) in [5.74, 6) is 0. The van der Waals surface area contributed by atoms with Crippen LogP contribution in [0.25, 0.3) is 82.5 Å². The normalized spacial score (nSPS) is 14.9. The number of anilines is 1. The Morgan fingerprint density at radius 2 is 1.21 bits per heavy atom. The molecule has 0 spiro atoms. The number of fused-ring (bicyclic) bond motifs is 12. The molecule has 226 valence electrons. The molecule has 0 amide bonds. The molecule has 3 heteroatoms. The molecule has 1 aliphatic carbocycles. The molecule has 4 aromatic heterocycles. The third kappa shape index (κ3) is 3.33. The monoisotopic (exact) mass is 613 g/mol. The zero-order chi connectivity index (χ0) is 31.5. The Labute approximate surface area is 277 Å². The number of nitrogens with zero attached hydrogens (tertiary/aromatic N) is 2. The summed E-state index contributed by atoms with van der Waals surface area (Å²) in [7, 11) is 0. The van der Waals surface area contributed by atoms with E-state index in [9.17, 15) is 0 Å². The first kappa shape index (κ1) is 26.1. The van der Waals surface area contributed by atoms with Crippen molar-refractivity contribution in [1.29, 1.82) is 0 Å². The molecule has 0 aliphatic heterocycles. The summed E-state index contributed by atoms with van der Waals surface area (Å²) >= 11 is 0. The van der Waals surface area contributed by atoms with Crippen molar-refractivity contribution < 1.29 is 0 Å². The van der Waals surface area contributed by atoms with Crippen LogP contribution in [-0.2, 0) is 6.42 Å². The second-order valence-corrected chi connectivity index (χ2v) is 13.3. The van der Waals surface area contributed by atoms with E-state index in [1.165, 1.54) is 98.9 Å². The van der Waals surface area contributed by atoms with Gasteiger partial charge < -0.3 is 14.1 Å². The lowest BCUT2D eigenvalue weighted by Crippen LogP contribution is -2.14. The first-order chi connectivity index (χ1) is 23.8. The standard InChI is InChI=1S/C45H31N3/c1-2-10-29-25-27(28-22-24-41-36(26-28)34-15-7-13-32-30-11-3-5-18-39(30)47(41)44(32)34)21-23-37(29)46-38-17-9-20-42-43(38)35-16-8-14-33-31-12-4-6-19-40(31)48(42)45(33)35/h2-9,11-16,18-26,38,46H,1,10,17H2. The number of aromatic nitrogens is 2. The summed E-state index contributed by atoms with van der Waals surface area (Å²) in [6, 6.07) is 45.1. The van der Waals surface area contributed by atoms with E-state index >= 15 is 0 Å². The maximum atomic E-state index is 4.13. The molecule has 6 aromatic carbocycles. The number of hydrogen-bond donors (Lipinski definition) is 1. The molecule has 0 fully saturated rings. The van der Waals surface area contributed by atoms with Crippen molar-refractivity contribution in [3.8, 4) is 11.1 Å². The van der Waals surface area contributed by atoms with Gasteiger partial charge in [0.1, 0.15) is 0 Å². The van der Waals surface area contributed by atoms with Crippen molar-refractivity contribution in [3.63, 3.8) is 0 Å². The molecule has 10 aromatic rings. The first-order valence-corrected chi connectivity index (χ1v) is 16.9. The van der Waals surface area contributed by atoms with Gasteiger partial charge in [-0.25, -0.2) is 0 Å². The van der Waals surface area contributed by atoms with Gasteiger partial charge in [0.15, 0.2) is 0 Å². The smallest absolute Gasteiger partial charge is 0.0620 e. The van der Waals surface area contributed by atoms with Crippen molar-refractivity contribution in [2.24, 2.45) is 0 Å². The Balaban J connectivity index is 1.02. The molecule has 1 N–H and O–H groups in total. The minimum absolute atomic E-state index is 0.175. The van der Waals surface area contributed by atoms with Crippen molar-refractivity contribution in [2.75, 3.05) is 5.32 Å². The molecule has 48 heavy (non-hydrogen) atoms. The minimum atomic E-state index is 0.175. The average molecular weight is 614 g/mol. The van der Waals surface area contributed by atoms with Crippen LogP contribution < -0.4 is 5.32 Å². The van der Waals surface area contributed by atoms with Crippen LogP contribution in [0.5, 0.6) is 0 Å². The summed E-state index contributed by atoms with van der Waals surface area (Å²) < 4.78 is 4.92. The van der Waals surface area contributed by atoms with Gasteiger partial charge in [-0.1, -0.05) is 97.1 Å². The van der Waals surface area contributed by atoms with Crippen molar-refractivity contribution in [1.82, 2.24) is 8.80 Å². The van der Waals surface area contributed by atoms with E-state index in [1.807, 2.05) is 6.08 Å². The molecule has 0 saturated carbocycles. The lowest BCUT2D eigenvalue weighted by atomic mass is 9.93. The Bertz CT molecular complexity index is 2950. The number of para-hydroxylation sites is 4. The zero-order valence-corrected chi connectivity index (χ0v) is 26.4. The van der Waals surface area contributed by atoms with E-state index in [4.69, 9.17) is 0 Å². The minimum Gasteiger partial charge on any atom is -0.378 e. The van der Waals surface area contributed by atoms with Gasteiger partial charge >= 0.3 is 0 Å². The van der Waals surface area contributed by atoms with Gasteiger partial charge in [-0.15, -0.1) is 6.58 Å². The molecule has 4 heterocycles. The summed E-state index contributed by atoms with van der Waals surface area (Å²) in [5.41, 5.74) is 14.0. The predicted molar refractivity (Wildman–Crippen MR) is 204 cm³/mol. The van der Waals surface area contributed by atoms with Crippen molar-refractivity contribution >= 4 is 77.1 Å². The van der Waals surface area contributed by atoms with Gasteiger partial charge in [0.05, 0.1) is 39.3 Å². The molecule has 1 unspecified atom stereocenters. The average Bonchev–Trinajstić information content (AvgIpc) is 3.86. The Morgan fingerprint density at radius 1 is 0.604 bits per heavy atom. The van der Waals surface area contributed by atoms with E-state index in [0.29, 0.717) is 0 Å². The molecular formula is C45H31N3. The highest BCUT2D eigenvalue weighted by molar-refractivity contribution is 6.23. The summed E-state index contributed by atoms with van der Waals surface area (Å²) in [6.45, 7) is 4.13. The van der Waals surface area contributed by atoms with Crippen LogP contribution in [0.2, 0.25) is 0 Å². The number of hydrogen-bond acceptors (Lipinski definition) is 1. The van der Waals surface area contributed by atoms with Gasteiger partial charge in [0.2, 0.25) is 0 Å². The second-order valence-electron chi connectivity index (χ2n) is 13.3. The second kappa shape index (κ2) is 9.49. The maximum Gasteiger partial charge on any atom is 0.0620 e. The van der Waals surface area contributed by atoms with Crippen LogP contribution in [0.4, 0.5) is 5.69 Å². The quantitative estimate of drug-likeness (QED) is 0.192. The molecule has 3 nitrogen and oxygen atoms in total. The molecular weight excluding hydrogens is 583 g/mol. The number of benzene rings is 6. The molecule has 1 atom stereocenters. The van der Waals surface area contributed by atoms with Crippen LogP contribution in [0.3, 0.4) is 0 Å². The Hall–Kier alpha value is -6.06. The molecule has 0 radical (unpaired) electrons. The third-order valence-electron chi connectivity index (χ3n) is 10.9. The van der Waals surface area contributed by atoms with E-state index in [0.717, 1.165) is 12.8 Å². The zero-order valence-electron chi connectivity index (χ0n) is 26.4. The van der Waals surface area contributed by atoms with Gasteiger partial charge in [0.25, 0.3) is 0 Å². The van der Waals surface area contributed by atoms with Gasteiger partial charge in [-0.3, -0.25) is 0 Å². The van der Waals surface area contributed by atoms with Crippen LogP contribution in [-0.4, -0.2) is 8.80 Å². The summed E-state index contributed by atoms with van der Waals surface area (Å²) in [4.78, 5) is 0.